The Labute approximate surface area is 222 Å². The molecule has 5 aromatic rings. The first kappa shape index (κ1) is 24.3. The number of fused-ring (bicyclic) bond motifs is 3. The van der Waals surface area contributed by atoms with Crippen LogP contribution in [-0.4, -0.2) is 42.2 Å². The molecule has 0 saturated carbocycles. The van der Waals surface area contributed by atoms with Crippen molar-refractivity contribution in [3.05, 3.63) is 95.3 Å². The fraction of sp³-hybridized carbons (Fsp3) is 0.179. The number of hydrogen-bond donors (Lipinski definition) is 3. The number of aliphatic hydroxyl groups is 1. The number of carbonyl (C=O) groups is 1. The van der Waals surface area contributed by atoms with Gasteiger partial charge < -0.3 is 20.2 Å². The summed E-state index contributed by atoms with van der Waals surface area (Å²) in [6.07, 6.45) is 6.05. The number of rotatable bonds is 7. The average Bonchev–Trinajstić information content (AvgIpc) is 3.58. The largest absolute Gasteiger partial charge is 0.423 e. The van der Waals surface area contributed by atoms with Crippen LogP contribution < -0.4 is 16.2 Å². The Morgan fingerprint density at radius 2 is 1.92 bits per heavy atom. The first-order valence-corrected chi connectivity index (χ1v) is 12.3. The van der Waals surface area contributed by atoms with Gasteiger partial charge in [0.1, 0.15) is 5.82 Å². The van der Waals surface area contributed by atoms with Gasteiger partial charge in [0.25, 0.3) is 17.4 Å². The van der Waals surface area contributed by atoms with Gasteiger partial charge in [-0.15, -0.1) is 10.2 Å². The summed E-state index contributed by atoms with van der Waals surface area (Å²) in [5, 5.41) is 25.0. The van der Waals surface area contributed by atoms with Gasteiger partial charge in [-0.2, -0.15) is 0 Å². The maximum atomic E-state index is 13.1. The third kappa shape index (κ3) is 4.28. The van der Waals surface area contributed by atoms with E-state index in [0.717, 1.165) is 5.56 Å². The van der Waals surface area contributed by atoms with E-state index in [0.29, 0.717) is 33.7 Å². The van der Waals surface area contributed by atoms with Gasteiger partial charge in [0.15, 0.2) is 0 Å². The molecule has 0 unspecified atom stereocenters. The molecule has 4 heterocycles. The molecule has 1 aliphatic rings. The van der Waals surface area contributed by atoms with E-state index in [-0.39, 0.29) is 24.0 Å². The summed E-state index contributed by atoms with van der Waals surface area (Å²) in [7, 11) is 0. The molecular weight excluding hydrogens is 498 g/mol. The molecule has 0 amide bonds. The normalized spacial score (nSPS) is 14.8. The number of nitrogens with one attached hydrogen (secondary N) is 2. The molecule has 11 nitrogen and oxygen atoms in total. The molecule has 3 aromatic heterocycles. The predicted molar refractivity (Wildman–Crippen MR) is 146 cm³/mol. The number of nitrogens with zero attached hydrogens (tertiary/aromatic N) is 5. The molecule has 1 aliphatic heterocycles. The quantitative estimate of drug-likeness (QED) is 0.288. The summed E-state index contributed by atoms with van der Waals surface area (Å²) in [4.78, 5) is 30.4. The molecule has 6 rings (SSSR count). The van der Waals surface area contributed by atoms with Crippen LogP contribution in [0.1, 0.15) is 30.2 Å². The highest BCUT2D eigenvalue weighted by atomic mass is 16.4. The SMILES string of the molecule is CC1(C)C=CC(=O)n2c3cc(Nc4cc(N[C@H](CO)c5ccccc5)c(-c5nnco5)cn4)ccc3c(=O)n21. The lowest BCUT2D eigenvalue weighted by Crippen LogP contribution is -2.42. The number of benzene rings is 2. The second-order valence-electron chi connectivity index (χ2n) is 9.76. The molecule has 0 saturated heterocycles. The zero-order valence-corrected chi connectivity index (χ0v) is 21.2. The zero-order valence-electron chi connectivity index (χ0n) is 21.2. The lowest BCUT2D eigenvalue weighted by molar-refractivity contribution is 0.0909. The lowest BCUT2D eigenvalue weighted by Gasteiger charge is -2.28. The van der Waals surface area contributed by atoms with Crippen LogP contribution in [0.25, 0.3) is 22.4 Å². The van der Waals surface area contributed by atoms with Crippen LogP contribution in [0.2, 0.25) is 0 Å². The summed E-state index contributed by atoms with van der Waals surface area (Å²) >= 11 is 0. The second-order valence-corrected chi connectivity index (χ2v) is 9.76. The molecule has 0 aliphatic carbocycles. The first-order valence-electron chi connectivity index (χ1n) is 12.3. The molecule has 0 spiro atoms. The third-order valence-corrected chi connectivity index (χ3v) is 6.72. The van der Waals surface area contributed by atoms with E-state index < -0.39 is 11.6 Å². The van der Waals surface area contributed by atoms with Gasteiger partial charge in [0, 0.05) is 24.0 Å². The Morgan fingerprint density at radius 3 is 2.67 bits per heavy atom. The summed E-state index contributed by atoms with van der Waals surface area (Å²) in [5.74, 6) is 0.469. The van der Waals surface area contributed by atoms with Crippen LogP contribution in [0.5, 0.6) is 0 Å². The van der Waals surface area contributed by atoms with Crippen LogP contribution >= 0.6 is 0 Å². The van der Waals surface area contributed by atoms with E-state index in [1.54, 1.807) is 36.5 Å². The number of aliphatic hydroxyl groups excluding tert-OH is 1. The van der Waals surface area contributed by atoms with Crippen molar-refractivity contribution in [2.75, 3.05) is 17.2 Å². The van der Waals surface area contributed by atoms with E-state index in [9.17, 15) is 14.7 Å². The number of aromatic nitrogens is 5. The minimum atomic E-state index is -0.647. The van der Waals surface area contributed by atoms with Crippen molar-refractivity contribution < 1.29 is 14.3 Å². The van der Waals surface area contributed by atoms with Crippen molar-refractivity contribution in [3.8, 4) is 11.5 Å². The molecule has 0 radical (unpaired) electrons. The first-order chi connectivity index (χ1) is 18.9. The Bertz CT molecular complexity index is 1770. The third-order valence-electron chi connectivity index (χ3n) is 6.72. The molecule has 2 aromatic carbocycles. The molecular formula is C28H25N7O4. The van der Waals surface area contributed by atoms with Crippen LogP contribution in [-0.2, 0) is 5.54 Å². The monoisotopic (exact) mass is 523 g/mol. The summed E-state index contributed by atoms with van der Waals surface area (Å²) in [6, 6.07) is 16.2. The van der Waals surface area contributed by atoms with E-state index in [2.05, 4.69) is 25.8 Å². The van der Waals surface area contributed by atoms with Crippen molar-refractivity contribution in [2.24, 2.45) is 0 Å². The molecule has 11 heteroatoms. The average molecular weight is 524 g/mol. The smallest absolute Gasteiger partial charge is 0.275 e. The van der Waals surface area contributed by atoms with Crippen molar-refractivity contribution in [2.45, 2.75) is 25.4 Å². The van der Waals surface area contributed by atoms with Crippen molar-refractivity contribution in [1.82, 2.24) is 24.5 Å². The van der Waals surface area contributed by atoms with Gasteiger partial charge in [0.2, 0.25) is 6.39 Å². The fourth-order valence-corrected chi connectivity index (χ4v) is 4.79. The molecule has 3 N–H and O–H groups in total. The van der Waals surface area contributed by atoms with Gasteiger partial charge in [-0.05, 0) is 37.6 Å². The van der Waals surface area contributed by atoms with E-state index in [1.165, 1.54) is 21.8 Å². The van der Waals surface area contributed by atoms with Crippen LogP contribution in [0.3, 0.4) is 0 Å². The van der Waals surface area contributed by atoms with E-state index in [1.807, 2.05) is 44.2 Å². The number of pyridine rings is 1. The standard InChI is InChI=1S/C28H25N7O4/c1-28(2)11-10-25(37)34-23-12-18(8-9-19(23)27(38)35(28)34)31-24-13-21(20(14-29-24)26-33-30-16-39-26)32-22(15-36)17-6-4-3-5-7-17/h3-14,16,22,36H,15H2,1-2H3,(H2,29,31,32)/t22-/m1/s1. The van der Waals surface area contributed by atoms with Gasteiger partial charge >= 0.3 is 0 Å². The van der Waals surface area contributed by atoms with Gasteiger partial charge in [0.05, 0.1) is 40.3 Å². The highest BCUT2D eigenvalue weighted by molar-refractivity contribution is 5.99. The Morgan fingerprint density at radius 1 is 1.10 bits per heavy atom. The predicted octanol–water partition coefficient (Wildman–Crippen LogP) is 4.08. The zero-order chi connectivity index (χ0) is 27.1. The maximum absolute atomic E-state index is 13.1. The highest BCUT2D eigenvalue weighted by Crippen LogP contribution is 2.32. The minimum absolute atomic E-state index is 0.150. The lowest BCUT2D eigenvalue weighted by atomic mass is 10.0. The van der Waals surface area contributed by atoms with Crippen LogP contribution in [0.4, 0.5) is 17.2 Å². The summed E-state index contributed by atoms with van der Waals surface area (Å²) < 4.78 is 8.30. The molecule has 0 bridgehead atoms. The van der Waals surface area contributed by atoms with Gasteiger partial charge in [-0.1, -0.05) is 36.4 Å². The highest BCUT2D eigenvalue weighted by Gasteiger charge is 2.31. The topological polar surface area (TPSA) is 140 Å². The second kappa shape index (κ2) is 9.37. The van der Waals surface area contributed by atoms with Gasteiger partial charge in [-0.3, -0.25) is 9.59 Å². The Hall–Kier alpha value is -5.03. The number of hydrogen-bond acceptors (Lipinski definition) is 9. The number of allylic oxidation sites excluding steroid dienone is 2. The molecule has 1 atom stereocenters. The van der Waals surface area contributed by atoms with Crippen LogP contribution in [0.15, 0.2) is 88.6 Å². The minimum Gasteiger partial charge on any atom is -0.423 e. The molecule has 196 valence electrons. The summed E-state index contributed by atoms with van der Waals surface area (Å²) in [5.41, 5.74) is 2.33. The maximum Gasteiger partial charge on any atom is 0.275 e. The van der Waals surface area contributed by atoms with Crippen LogP contribution in [0, 0.1) is 0 Å². The summed E-state index contributed by atoms with van der Waals surface area (Å²) in [6.45, 7) is 3.61. The van der Waals surface area contributed by atoms with E-state index >= 15 is 0 Å². The van der Waals surface area contributed by atoms with Crippen molar-refractivity contribution in [1.29, 1.82) is 0 Å². The van der Waals surface area contributed by atoms with Crippen molar-refractivity contribution in [3.63, 3.8) is 0 Å². The number of anilines is 3. The number of carbonyl (C=O) groups excluding carboxylic acids is 1. The Balaban J connectivity index is 1.38. The van der Waals surface area contributed by atoms with E-state index in [4.69, 9.17) is 4.42 Å². The fourth-order valence-electron chi connectivity index (χ4n) is 4.79. The van der Waals surface area contributed by atoms with Gasteiger partial charge in [-0.25, -0.2) is 14.3 Å². The molecule has 0 fully saturated rings. The molecule has 39 heavy (non-hydrogen) atoms. The Kier molecular flexibility index (Phi) is 5.84. The van der Waals surface area contributed by atoms with Crippen molar-refractivity contribution >= 4 is 34.0 Å².